The van der Waals surface area contributed by atoms with Crippen molar-refractivity contribution in [3.05, 3.63) is 106 Å². The van der Waals surface area contributed by atoms with E-state index in [1.807, 2.05) is 60.1 Å². The third kappa shape index (κ3) is 4.82. The molecular formula is C23H20N4O2S. The molecule has 150 valence electrons. The van der Waals surface area contributed by atoms with Crippen LogP contribution in [-0.2, 0) is 13.1 Å². The summed E-state index contributed by atoms with van der Waals surface area (Å²) < 4.78 is 1.78. The second-order valence-corrected chi connectivity index (χ2v) is 7.62. The zero-order chi connectivity index (χ0) is 20.8. The molecule has 0 aliphatic heterocycles. The first-order valence-electron chi connectivity index (χ1n) is 9.47. The Morgan fingerprint density at radius 2 is 1.57 bits per heavy atom. The summed E-state index contributed by atoms with van der Waals surface area (Å²) in [5.74, 6) is -0.250. The molecule has 2 aromatic heterocycles. The molecule has 4 aromatic rings. The number of nitrogens with zero attached hydrogens (tertiary/aromatic N) is 2. The smallest absolute Gasteiger partial charge is 0.261 e. The summed E-state index contributed by atoms with van der Waals surface area (Å²) in [6.07, 6.45) is 3.64. The Labute approximate surface area is 178 Å². The third-order valence-corrected chi connectivity index (χ3v) is 5.39. The zero-order valence-corrected chi connectivity index (χ0v) is 16.9. The lowest BCUT2D eigenvalue weighted by Gasteiger charge is -2.07. The second kappa shape index (κ2) is 9.19. The first-order chi connectivity index (χ1) is 14.7. The monoisotopic (exact) mass is 416 g/mol. The van der Waals surface area contributed by atoms with Crippen molar-refractivity contribution in [3.8, 4) is 5.69 Å². The minimum absolute atomic E-state index is 0.0946. The molecule has 0 spiro atoms. The molecule has 0 saturated carbocycles. The number of aromatic nitrogens is 2. The van der Waals surface area contributed by atoms with Crippen LogP contribution in [0, 0.1) is 0 Å². The maximum absolute atomic E-state index is 12.4. The maximum Gasteiger partial charge on any atom is 0.261 e. The van der Waals surface area contributed by atoms with Gasteiger partial charge in [-0.3, -0.25) is 9.59 Å². The fraction of sp³-hybridized carbons (Fsp3) is 0.0870. The van der Waals surface area contributed by atoms with Crippen molar-refractivity contribution in [3.63, 3.8) is 0 Å². The van der Waals surface area contributed by atoms with Crippen LogP contribution in [-0.4, -0.2) is 21.6 Å². The summed E-state index contributed by atoms with van der Waals surface area (Å²) in [5, 5.41) is 12.0. The van der Waals surface area contributed by atoms with Gasteiger partial charge in [0.15, 0.2) is 0 Å². The van der Waals surface area contributed by atoms with Gasteiger partial charge in [-0.05, 0) is 41.3 Å². The van der Waals surface area contributed by atoms with Gasteiger partial charge >= 0.3 is 0 Å². The van der Waals surface area contributed by atoms with Gasteiger partial charge in [-0.2, -0.15) is 5.10 Å². The molecule has 0 radical (unpaired) electrons. The number of amides is 2. The molecule has 0 saturated heterocycles. The van der Waals surface area contributed by atoms with Gasteiger partial charge in [0, 0.05) is 30.4 Å². The Morgan fingerprint density at radius 3 is 2.30 bits per heavy atom. The van der Waals surface area contributed by atoms with Crippen LogP contribution < -0.4 is 10.6 Å². The molecule has 0 bridgehead atoms. The van der Waals surface area contributed by atoms with Crippen molar-refractivity contribution in [2.75, 3.05) is 0 Å². The van der Waals surface area contributed by atoms with Gasteiger partial charge in [-0.25, -0.2) is 4.68 Å². The molecule has 7 heteroatoms. The van der Waals surface area contributed by atoms with Gasteiger partial charge < -0.3 is 10.6 Å². The third-order valence-electron chi connectivity index (χ3n) is 4.52. The highest BCUT2D eigenvalue weighted by atomic mass is 32.1. The number of carbonyl (C=O) groups excluding carboxylic acids is 2. The van der Waals surface area contributed by atoms with E-state index in [-0.39, 0.29) is 11.8 Å². The second-order valence-electron chi connectivity index (χ2n) is 6.67. The summed E-state index contributed by atoms with van der Waals surface area (Å²) in [6, 6.07) is 20.7. The Morgan fingerprint density at radius 1 is 0.833 bits per heavy atom. The number of carbonyl (C=O) groups is 2. The lowest BCUT2D eigenvalue weighted by Crippen LogP contribution is -2.23. The number of benzene rings is 2. The van der Waals surface area contributed by atoms with Crippen molar-refractivity contribution in [2.45, 2.75) is 13.1 Å². The predicted octanol–water partition coefficient (Wildman–Crippen LogP) is 3.79. The van der Waals surface area contributed by atoms with Crippen molar-refractivity contribution in [1.29, 1.82) is 0 Å². The minimum Gasteiger partial charge on any atom is -0.348 e. The van der Waals surface area contributed by atoms with Crippen molar-refractivity contribution in [1.82, 2.24) is 20.4 Å². The number of hydrogen-bond acceptors (Lipinski definition) is 4. The molecular weight excluding hydrogens is 396 g/mol. The fourth-order valence-corrected chi connectivity index (χ4v) is 3.55. The molecule has 0 atom stereocenters. The van der Waals surface area contributed by atoms with Crippen LogP contribution in [0.15, 0.2) is 84.5 Å². The molecule has 6 nitrogen and oxygen atoms in total. The van der Waals surface area contributed by atoms with Crippen LogP contribution in [0.2, 0.25) is 0 Å². The predicted molar refractivity (Wildman–Crippen MR) is 117 cm³/mol. The summed E-state index contributed by atoms with van der Waals surface area (Å²) in [7, 11) is 0. The number of rotatable bonds is 7. The van der Waals surface area contributed by atoms with Crippen LogP contribution in [0.25, 0.3) is 5.69 Å². The van der Waals surface area contributed by atoms with E-state index in [1.54, 1.807) is 29.1 Å². The lowest BCUT2D eigenvalue weighted by molar-refractivity contribution is 0.0943. The Bertz CT molecular complexity index is 1120. The summed E-state index contributed by atoms with van der Waals surface area (Å²) in [4.78, 5) is 25.1. The van der Waals surface area contributed by atoms with E-state index in [0.717, 1.165) is 16.8 Å². The van der Waals surface area contributed by atoms with Crippen molar-refractivity contribution < 1.29 is 9.59 Å². The van der Waals surface area contributed by atoms with Gasteiger partial charge in [0.1, 0.15) is 0 Å². The zero-order valence-electron chi connectivity index (χ0n) is 16.1. The van der Waals surface area contributed by atoms with E-state index in [0.29, 0.717) is 23.5 Å². The molecule has 30 heavy (non-hydrogen) atoms. The lowest BCUT2D eigenvalue weighted by atomic mass is 10.1. The average molecular weight is 417 g/mol. The van der Waals surface area contributed by atoms with Crippen LogP contribution in [0.5, 0.6) is 0 Å². The standard InChI is InChI=1S/C23H20N4O2S/c28-22(24-14-18-15-26-27(16-18)20-5-2-1-3-6-20)19-10-8-17(9-11-19)13-25-23(29)21-7-4-12-30-21/h1-12,15-16H,13-14H2,(H,24,28)(H,25,29). The SMILES string of the molecule is O=C(NCc1cnn(-c2ccccc2)c1)c1ccc(CNC(=O)c2cccs2)cc1. The Kier molecular flexibility index (Phi) is 6.01. The molecule has 0 fully saturated rings. The van der Waals surface area contributed by atoms with Crippen LogP contribution in [0.3, 0.4) is 0 Å². The molecule has 0 aliphatic rings. The average Bonchev–Trinajstić information content (AvgIpc) is 3.49. The molecule has 2 heterocycles. The maximum atomic E-state index is 12.4. The van der Waals surface area contributed by atoms with E-state index >= 15 is 0 Å². The van der Waals surface area contributed by atoms with E-state index < -0.39 is 0 Å². The molecule has 4 rings (SSSR count). The molecule has 2 amide bonds. The summed E-state index contributed by atoms with van der Waals surface area (Å²) in [5.41, 5.74) is 3.39. The highest BCUT2D eigenvalue weighted by Gasteiger charge is 2.08. The quantitative estimate of drug-likeness (QED) is 0.481. The van der Waals surface area contributed by atoms with E-state index in [4.69, 9.17) is 0 Å². The first kappa shape index (κ1) is 19.6. The first-order valence-corrected chi connectivity index (χ1v) is 10.3. The van der Waals surface area contributed by atoms with E-state index in [2.05, 4.69) is 15.7 Å². The van der Waals surface area contributed by atoms with E-state index in [9.17, 15) is 9.59 Å². The molecule has 2 N–H and O–H groups in total. The number of hydrogen-bond donors (Lipinski definition) is 2. The topological polar surface area (TPSA) is 76.0 Å². The highest BCUT2D eigenvalue weighted by molar-refractivity contribution is 7.12. The van der Waals surface area contributed by atoms with Crippen LogP contribution >= 0.6 is 11.3 Å². The van der Waals surface area contributed by atoms with Crippen molar-refractivity contribution in [2.24, 2.45) is 0 Å². The van der Waals surface area contributed by atoms with Crippen LogP contribution in [0.4, 0.5) is 0 Å². The van der Waals surface area contributed by atoms with Gasteiger partial charge in [0.25, 0.3) is 11.8 Å². The van der Waals surface area contributed by atoms with E-state index in [1.165, 1.54) is 11.3 Å². The molecule has 0 aliphatic carbocycles. The van der Waals surface area contributed by atoms with Gasteiger partial charge in [-0.1, -0.05) is 36.4 Å². The Hall–Kier alpha value is -3.71. The van der Waals surface area contributed by atoms with Gasteiger partial charge in [-0.15, -0.1) is 11.3 Å². The number of para-hydroxylation sites is 1. The molecule has 2 aromatic carbocycles. The highest BCUT2D eigenvalue weighted by Crippen LogP contribution is 2.10. The minimum atomic E-state index is -0.156. The Balaban J connectivity index is 1.29. The summed E-state index contributed by atoms with van der Waals surface area (Å²) in [6.45, 7) is 0.807. The van der Waals surface area contributed by atoms with Crippen molar-refractivity contribution >= 4 is 23.2 Å². The number of thiophene rings is 1. The van der Waals surface area contributed by atoms with Gasteiger partial charge in [0.05, 0.1) is 16.8 Å². The van der Waals surface area contributed by atoms with Gasteiger partial charge in [0.2, 0.25) is 0 Å². The normalized spacial score (nSPS) is 10.5. The largest absolute Gasteiger partial charge is 0.348 e. The van der Waals surface area contributed by atoms with Crippen LogP contribution in [0.1, 0.15) is 31.2 Å². The molecule has 0 unspecified atom stereocenters. The fourth-order valence-electron chi connectivity index (χ4n) is 2.91. The number of nitrogens with one attached hydrogen (secondary N) is 2. The summed E-state index contributed by atoms with van der Waals surface area (Å²) >= 11 is 1.41.